The van der Waals surface area contributed by atoms with Gasteiger partial charge in [-0.3, -0.25) is 0 Å². The Balaban J connectivity index is 1.45. The molecule has 8 nitrogen and oxygen atoms in total. The Bertz CT molecular complexity index is 2740. The molecular formula is C46H42N8+4. The maximum atomic E-state index is 5.43. The summed E-state index contributed by atoms with van der Waals surface area (Å²) in [6, 6.07) is 26.3. The van der Waals surface area contributed by atoms with Crippen molar-refractivity contribution in [1.82, 2.24) is 19.9 Å². The van der Waals surface area contributed by atoms with Crippen molar-refractivity contribution in [2.45, 2.75) is 19.9 Å². The third-order valence-corrected chi connectivity index (χ3v) is 10.3. The van der Waals surface area contributed by atoms with Crippen molar-refractivity contribution in [2.75, 3.05) is 0 Å². The van der Waals surface area contributed by atoms with Crippen LogP contribution in [-0.4, -0.2) is 19.9 Å². The smallest absolute Gasteiger partial charge is 0.169 e. The van der Waals surface area contributed by atoms with Gasteiger partial charge in [-0.2, -0.15) is 0 Å². The third kappa shape index (κ3) is 6.01. The van der Waals surface area contributed by atoms with Crippen LogP contribution in [0.4, 0.5) is 0 Å². The zero-order valence-electron chi connectivity index (χ0n) is 31.1. The lowest BCUT2D eigenvalue weighted by Gasteiger charge is -2.06. The average Bonchev–Trinajstić information content (AvgIpc) is 4.02. The predicted molar refractivity (Wildman–Crippen MR) is 215 cm³/mol. The Kier molecular flexibility index (Phi) is 8.15. The van der Waals surface area contributed by atoms with Crippen LogP contribution in [0.5, 0.6) is 0 Å². The van der Waals surface area contributed by atoms with Gasteiger partial charge in [-0.15, -0.1) is 0 Å². The van der Waals surface area contributed by atoms with Crippen molar-refractivity contribution < 1.29 is 18.3 Å². The standard InChI is InChI=1S/C46H41N8/c1-30(2)54-28-20-34(21-29-54)46-41-12-10-39(49-41)44(32-16-24-52(4)25-17-32)37-8-6-35(47-37)43(31-14-22-51(3)23-15-31)36-7-9-38(48-36)45(40-11-13-42(46)50-40)33-18-26-53(5)27-19-33/h6-30H,1-5H3,(H,47,48,49,50)/q+3/p+1. The summed E-state index contributed by atoms with van der Waals surface area (Å²) in [4.78, 5) is 18.5. The molecular weight excluding hydrogens is 665 g/mol. The van der Waals surface area contributed by atoms with Crippen LogP contribution in [0, 0.1) is 0 Å². The highest BCUT2D eigenvalue weighted by Gasteiger charge is 2.20. The summed E-state index contributed by atoms with van der Waals surface area (Å²) >= 11 is 0. The number of aryl methyl sites for hydroxylation is 3. The van der Waals surface area contributed by atoms with Gasteiger partial charge in [0.05, 0.1) is 22.8 Å². The Morgan fingerprint density at radius 3 is 0.907 bits per heavy atom. The zero-order chi connectivity index (χ0) is 36.9. The van der Waals surface area contributed by atoms with Gasteiger partial charge in [0.2, 0.25) is 0 Å². The first-order valence-corrected chi connectivity index (χ1v) is 18.3. The van der Waals surface area contributed by atoms with E-state index in [1.807, 2.05) is 21.1 Å². The fourth-order valence-electron chi connectivity index (χ4n) is 7.37. The molecule has 2 N–H and O–H groups in total. The molecule has 0 aromatic carbocycles. The van der Waals surface area contributed by atoms with E-state index in [-0.39, 0.29) is 0 Å². The second kappa shape index (κ2) is 13.3. The van der Waals surface area contributed by atoms with Gasteiger partial charge in [0.25, 0.3) is 0 Å². The van der Waals surface area contributed by atoms with Crippen LogP contribution < -0.4 is 18.3 Å². The van der Waals surface area contributed by atoms with Crippen LogP contribution in [0.15, 0.2) is 122 Å². The van der Waals surface area contributed by atoms with E-state index in [1.165, 1.54) is 0 Å². The molecule has 0 unspecified atom stereocenters. The topological polar surface area (TPSA) is 72.9 Å². The van der Waals surface area contributed by atoms with Crippen LogP contribution in [0.1, 0.15) is 42.7 Å². The Morgan fingerprint density at radius 2 is 0.648 bits per heavy atom. The first-order valence-electron chi connectivity index (χ1n) is 18.3. The second-order valence-corrected chi connectivity index (χ2v) is 14.4. The summed E-state index contributed by atoms with van der Waals surface area (Å²) in [7, 11) is 6.11. The number of H-pyrrole nitrogens is 2. The van der Waals surface area contributed by atoms with Gasteiger partial charge >= 0.3 is 0 Å². The summed E-state index contributed by atoms with van der Waals surface area (Å²) in [6.07, 6.45) is 25.4. The van der Waals surface area contributed by atoms with Crippen LogP contribution in [0.2, 0.25) is 0 Å². The van der Waals surface area contributed by atoms with E-state index in [0.717, 1.165) is 89.4 Å². The van der Waals surface area contributed by atoms with E-state index < -0.39 is 0 Å². The molecule has 0 fully saturated rings. The second-order valence-electron chi connectivity index (χ2n) is 14.4. The number of rotatable bonds is 5. The predicted octanol–water partition coefficient (Wildman–Crippen LogP) is 7.67. The van der Waals surface area contributed by atoms with Gasteiger partial charge in [0.15, 0.2) is 55.6 Å². The first kappa shape index (κ1) is 33.1. The maximum absolute atomic E-state index is 5.43. The third-order valence-electron chi connectivity index (χ3n) is 10.3. The lowest BCUT2D eigenvalue weighted by Crippen LogP contribution is -2.34. The van der Waals surface area contributed by atoms with Gasteiger partial charge in [-0.05, 0) is 84.7 Å². The molecule has 8 heteroatoms. The molecule has 262 valence electrons. The minimum Gasteiger partial charge on any atom is -0.354 e. The normalized spacial score (nSPS) is 12.2. The summed E-state index contributed by atoms with van der Waals surface area (Å²) in [6.45, 7) is 4.39. The minimum absolute atomic E-state index is 0.353. The first-order chi connectivity index (χ1) is 26.3. The highest BCUT2D eigenvalue weighted by Crippen LogP contribution is 2.37. The van der Waals surface area contributed by atoms with Gasteiger partial charge < -0.3 is 9.97 Å². The molecule has 0 radical (unpaired) electrons. The fourth-order valence-corrected chi connectivity index (χ4v) is 7.37. The van der Waals surface area contributed by atoms with Crippen molar-refractivity contribution in [2.24, 2.45) is 21.1 Å². The molecule has 0 aliphatic carbocycles. The van der Waals surface area contributed by atoms with Gasteiger partial charge in [-0.25, -0.2) is 28.2 Å². The van der Waals surface area contributed by atoms with E-state index in [4.69, 9.17) is 9.97 Å². The quantitative estimate of drug-likeness (QED) is 0.181. The van der Waals surface area contributed by atoms with Crippen molar-refractivity contribution >= 4 is 46.4 Å². The van der Waals surface area contributed by atoms with Crippen LogP contribution in [0.25, 0.3) is 90.9 Å². The summed E-state index contributed by atoms with van der Waals surface area (Å²) < 4.78 is 8.38. The maximum Gasteiger partial charge on any atom is 0.169 e. The minimum atomic E-state index is 0.353. The Labute approximate surface area is 314 Å². The van der Waals surface area contributed by atoms with E-state index in [0.29, 0.717) is 6.04 Å². The van der Waals surface area contributed by atoms with E-state index in [9.17, 15) is 0 Å². The number of aromatic nitrogens is 8. The summed E-state index contributed by atoms with van der Waals surface area (Å²) in [5, 5.41) is 0. The van der Waals surface area contributed by atoms with Crippen LogP contribution in [-0.2, 0) is 21.1 Å². The Hall–Kier alpha value is -6.80. The lowest BCUT2D eigenvalue weighted by atomic mass is 10.0. The monoisotopic (exact) mass is 706 g/mol. The molecule has 0 amide bonds. The number of nitrogens with zero attached hydrogens (tertiary/aromatic N) is 6. The van der Waals surface area contributed by atoms with Crippen molar-refractivity contribution in [3.05, 3.63) is 145 Å². The summed E-state index contributed by atoms with van der Waals surface area (Å²) in [5.41, 5.74) is 15.9. The van der Waals surface area contributed by atoms with Crippen LogP contribution in [0.3, 0.4) is 0 Å². The molecule has 2 aliphatic rings. The average molecular weight is 707 g/mol. The number of aromatic amines is 2. The van der Waals surface area contributed by atoms with Crippen molar-refractivity contribution in [3.8, 4) is 44.5 Å². The number of hydrogen-bond donors (Lipinski definition) is 2. The molecule has 7 aromatic heterocycles. The van der Waals surface area contributed by atoms with Crippen molar-refractivity contribution in [3.63, 3.8) is 0 Å². The number of nitrogens with one attached hydrogen (secondary N) is 2. The molecule has 9 rings (SSSR count). The number of fused-ring (bicyclic) bond motifs is 8. The highest BCUT2D eigenvalue weighted by atomic mass is 15.0. The lowest BCUT2D eigenvalue weighted by molar-refractivity contribution is -0.716. The number of hydrogen-bond acceptors (Lipinski definition) is 2. The number of pyridine rings is 4. The van der Waals surface area contributed by atoms with Crippen molar-refractivity contribution in [1.29, 1.82) is 0 Å². The largest absolute Gasteiger partial charge is 0.354 e. The molecule has 8 bridgehead atoms. The molecule has 54 heavy (non-hydrogen) atoms. The van der Waals surface area contributed by atoms with Gasteiger partial charge in [0, 0.05) is 92.9 Å². The molecule has 9 heterocycles. The zero-order valence-corrected chi connectivity index (χ0v) is 31.1. The van der Waals surface area contributed by atoms with E-state index in [2.05, 4.69) is 189 Å². The van der Waals surface area contributed by atoms with Gasteiger partial charge in [-0.1, -0.05) is 0 Å². The van der Waals surface area contributed by atoms with Crippen LogP contribution >= 0.6 is 0 Å². The molecule has 0 spiro atoms. The van der Waals surface area contributed by atoms with Gasteiger partial charge in [0.1, 0.15) is 21.1 Å². The van der Waals surface area contributed by atoms with E-state index >= 15 is 0 Å². The highest BCUT2D eigenvalue weighted by molar-refractivity contribution is 5.99. The summed E-state index contributed by atoms with van der Waals surface area (Å²) in [5.74, 6) is 0. The molecule has 0 saturated carbocycles. The molecule has 0 saturated heterocycles. The molecule has 2 aliphatic heterocycles. The molecule has 7 aromatic rings. The molecule has 0 atom stereocenters. The SMILES string of the molecule is CC(C)[n+]1ccc(-c2c3nc(c(-c4cc[n+](C)cc4)c4ccc([nH]4)c(-c4cc[n+](C)cc4)c4nc(c(-c5cc[n+](C)cc5)c5ccc2[nH]5)C=C4)C=C3)cc1. The Morgan fingerprint density at radius 1 is 0.389 bits per heavy atom. The fraction of sp³-hybridized carbons (Fsp3) is 0.130. The van der Waals surface area contributed by atoms with E-state index in [1.54, 1.807) is 0 Å².